The van der Waals surface area contributed by atoms with Crippen LogP contribution in [0.15, 0.2) is 44.7 Å². The van der Waals surface area contributed by atoms with Gasteiger partial charge in [0.25, 0.3) is 11.5 Å². The monoisotopic (exact) mass is 491 g/mol. The highest BCUT2D eigenvalue weighted by Gasteiger charge is 2.28. The molecule has 0 bridgehead atoms. The van der Waals surface area contributed by atoms with Gasteiger partial charge in [-0.25, -0.2) is 9.78 Å². The van der Waals surface area contributed by atoms with Crippen molar-refractivity contribution in [3.8, 4) is 11.4 Å². The molecule has 1 atom stereocenters. The lowest BCUT2D eigenvalue weighted by Crippen LogP contribution is -2.35. The molecule has 4 heterocycles. The maximum absolute atomic E-state index is 13.6. The molecule has 1 amide bonds. The number of hydrogen-bond acceptors (Lipinski definition) is 8. The van der Waals surface area contributed by atoms with Gasteiger partial charge in [-0.2, -0.15) is 4.98 Å². The van der Waals surface area contributed by atoms with Gasteiger partial charge in [0.15, 0.2) is 5.65 Å². The summed E-state index contributed by atoms with van der Waals surface area (Å²) in [5.74, 6) is -0.0584. The summed E-state index contributed by atoms with van der Waals surface area (Å²) in [4.78, 5) is 54.5. The Kier molecular flexibility index (Phi) is 7.09. The standard InChI is InChI=1S/C25H29N7O4/c1-6-10-32-21-18(23(34)30-25(32)35)16(11-17(27-21)13(2)3)22(33)28-19(14(4)5)24-29-20(31-36-24)15-8-7-9-26-12-15/h7-9,11-14,19H,6,10H2,1-5H3,(H,28,33)(H,30,34,35). The minimum atomic E-state index is -0.659. The number of hydrogen-bond donors (Lipinski definition) is 2. The van der Waals surface area contributed by atoms with Crippen molar-refractivity contribution in [2.45, 2.75) is 59.5 Å². The average molecular weight is 492 g/mol. The fraction of sp³-hybridized carbons (Fsp3) is 0.400. The van der Waals surface area contributed by atoms with E-state index in [1.807, 2.05) is 40.7 Å². The number of amides is 1. The van der Waals surface area contributed by atoms with Crippen molar-refractivity contribution >= 4 is 16.9 Å². The Morgan fingerprint density at radius 3 is 2.61 bits per heavy atom. The van der Waals surface area contributed by atoms with Gasteiger partial charge in [0.2, 0.25) is 11.7 Å². The molecule has 2 N–H and O–H groups in total. The number of carbonyl (C=O) groups excluding carboxylic acids is 1. The molecule has 0 saturated carbocycles. The molecule has 0 radical (unpaired) electrons. The summed E-state index contributed by atoms with van der Waals surface area (Å²) >= 11 is 0. The maximum Gasteiger partial charge on any atom is 0.329 e. The molecule has 0 spiro atoms. The number of rotatable bonds is 8. The average Bonchev–Trinajstić information content (AvgIpc) is 3.34. The number of aromatic amines is 1. The summed E-state index contributed by atoms with van der Waals surface area (Å²) in [6.07, 6.45) is 3.92. The molecule has 0 saturated heterocycles. The van der Waals surface area contributed by atoms with Gasteiger partial charge in [-0.15, -0.1) is 0 Å². The highest BCUT2D eigenvalue weighted by molar-refractivity contribution is 6.05. The lowest BCUT2D eigenvalue weighted by molar-refractivity contribution is 0.0915. The van der Waals surface area contributed by atoms with Crippen molar-refractivity contribution < 1.29 is 9.32 Å². The molecule has 11 nitrogen and oxygen atoms in total. The van der Waals surface area contributed by atoms with E-state index in [-0.39, 0.29) is 34.3 Å². The summed E-state index contributed by atoms with van der Waals surface area (Å²) < 4.78 is 6.89. The van der Waals surface area contributed by atoms with E-state index >= 15 is 0 Å². The molecule has 0 aliphatic rings. The maximum atomic E-state index is 13.6. The molecular formula is C25H29N7O4. The molecule has 11 heteroatoms. The van der Waals surface area contributed by atoms with Crippen LogP contribution >= 0.6 is 0 Å². The van der Waals surface area contributed by atoms with Crippen molar-refractivity contribution in [1.29, 1.82) is 0 Å². The minimum absolute atomic E-state index is 0.0377. The summed E-state index contributed by atoms with van der Waals surface area (Å²) in [6, 6.07) is 4.55. The van der Waals surface area contributed by atoms with Crippen LogP contribution in [0.25, 0.3) is 22.4 Å². The van der Waals surface area contributed by atoms with Gasteiger partial charge < -0.3 is 9.84 Å². The largest absolute Gasteiger partial charge is 0.340 e. The number of aryl methyl sites for hydroxylation is 1. The van der Waals surface area contributed by atoms with Gasteiger partial charge in [-0.05, 0) is 36.5 Å². The van der Waals surface area contributed by atoms with E-state index in [1.165, 1.54) is 4.57 Å². The van der Waals surface area contributed by atoms with Crippen molar-refractivity contribution in [3.63, 3.8) is 0 Å². The van der Waals surface area contributed by atoms with Crippen LogP contribution in [0.3, 0.4) is 0 Å². The smallest absolute Gasteiger partial charge is 0.329 e. The fourth-order valence-corrected chi connectivity index (χ4v) is 3.91. The Balaban J connectivity index is 1.79. The molecule has 1 unspecified atom stereocenters. The number of fused-ring (bicyclic) bond motifs is 1. The third-order valence-electron chi connectivity index (χ3n) is 5.83. The first-order valence-corrected chi connectivity index (χ1v) is 11.9. The lowest BCUT2D eigenvalue weighted by atomic mass is 10.0. The Labute approximate surface area is 207 Å². The first-order valence-electron chi connectivity index (χ1n) is 11.9. The highest BCUT2D eigenvalue weighted by atomic mass is 16.5. The summed E-state index contributed by atoms with van der Waals surface area (Å²) in [5.41, 5.74) is 0.395. The number of H-pyrrole nitrogens is 1. The van der Waals surface area contributed by atoms with Gasteiger partial charge in [0.05, 0.1) is 10.9 Å². The number of nitrogens with one attached hydrogen (secondary N) is 2. The van der Waals surface area contributed by atoms with Crippen LogP contribution in [0.4, 0.5) is 0 Å². The van der Waals surface area contributed by atoms with E-state index < -0.39 is 23.2 Å². The van der Waals surface area contributed by atoms with Crippen LogP contribution in [0.5, 0.6) is 0 Å². The first-order chi connectivity index (χ1) is 17.2. The quantitative estimate of drug-likeness (QED) is 0.382. The number of aromatic nitrogens is 6. The van der Waals surface area contributed by atoms with Crippen LogP contribution in [-0.2, 0) is 6.54 Å². The SMILES string of the molecule is CCCn1c(=O)[nH]c(=O)c2c(C(=O)NC(c3nc(-c4cccnc4)no3)C(C)C)cc(C(C)C)nc21. The van der Waals surface area contributed by atoms with Crippen molar-refractivity contribution in [1.82, 2.24) is 35.0 Å². The molecule has 0 fully saturated rings. The van der Waals surface area contributed by atoms with Crippen LogP contribution in [0.2, 0.25) is 0 Å². The van der Waals surface area contributed by atoms with Gasteiger partial charge in [0, 0.05) is 30.2 Å². The topological polar surface area (TPSA) is 149 Å². The van der Waals surface area contributed by atoms with Gasteiger partial charge in [-0.3, -0.25) is 24.1 Å². The number of nitrogens with zero attached hydrogens (tertiary/aromatic N) is 5. The first kappa shape index (κ1) is 25.0. The number of carbonyl (C=O) groups is 1. The summed E-state index contributed by atoms with van der Waals surface area (Å²) in [6.45, 7) is 9.96. The van der Waals surface area contributed by atoms with Crippen molar-refractivity contribution in [2.75, 3.05) is 0 Å². The molecular weight excluding hydrogens is 462 g/mol. The third kappa shape index (κ3) is 4.81. The van der Waals surface area contributed by atoms with E-state index in [1.54, 1.807) is 24.5 Å². The Morgan fingerprint density at radius 2 is 1.97 bits per heavy atom. The van der Waals surface area contributed by atoms with Crippen molar-refractivity contribution in [3.05, 3.63) is 68.6 Å². The molecule has 36 heavy (non-hydrogen) atoms. The van der Waals surface area contributed by atoms with Crippen LogP contribution in [0, 0.1) is 5.92 Å². The van der Waals surface area contributed by atoms with E-state index in [2.05, 4.69) is 30.4 Å². The highest BCUT2D eigenvalue weighted by Crippen LogP contribution is 2.25. The fourth-order valence-electron chi connectivity index (χ4n) is 3.91. The summed E-state index contributed by atoms with van der Waals surface area (Å²) in [5, 5.41) is 7.04. The second-order valence-electron chi connectivity index (χ2n) is 9.25. The van der Waals surface area contributed by atoms with Crippen LogP contribution < -0.4 is 16.6 Å². The Morgan fingerprint density at radius 1 is 1.19 bits per heavy atom. The molecule has 0 aliphatic heterocycles. The predicted molar refractivity (Wildman–Crippen MR) is 134 cm³/mol. The lowest BCUT2D eigenvalue weighted by Gasteiger charge is -2.20. The van der Waals surface area contributed by atoms with Crippen LogP contribution in [0.1, 0.15) is 74.9 Å². The Bertz CT molecular complexity index is 1500. The van der Waals surface area contributed by atoms with E-state index in [0.29, 0.717) is 30.0 Å². The van der Waals surface area contributed by atoms with E-state index in [0.717, 1.165) is 0 Å². The van der Waals surface area contributed by atoms with E-state index in [9.17, 15) is 14.4 Å². The summed E-state index contributed by atoms with van der Waals surface area (Å²) in [7, 11) is 0. The minimum Gasteiger partial charge on any atom is -0.340 e. The van der Waals surface area contributed by atoms with Gasteiger partial charge >= 0.3 is 5.69 Å². The Hall–Kier alpha value is -4.15. The normalized spacial score (nSPS) is 12.4. The molecule has 4 aromatic rings. The van der Waals surface area contributed by atoms with Crippen LogP contribution in [-0.4, -0.2) is 35.6 Å². The molecule has 4 rings (SSSR count). The van der Waals surface area contributed by atoms with E-state index in [4.69, 9.17) is 4.52 Å². The third-order valence-corrected chi connectivity index (χ3v) is 5.83. The van der Waals surface area contributed by atoms with Gasteiger partial charge in [0.1, 0.15) is 6.04 Å². The molecule has 0 aliphatic carbocycles. The molecule has 0 aromatic carbocycles. The zero-order valence-electron chi connectivity index (χ0n) is 20.9. The second kappa shape index (κ2) is 10.2. The van der Waals surface area contributed by atoms with Crippen molar-refractivity contribution in [2.24, 2.45) is 5.92 Å². The molecule has 4 aromatic heterocycles. The predicted octanol–water partition coefficient (Wildman–Crippen LogP) is 3.19. The second-order valence-corrected chi connectivity index (χ2v) is 9.25. The van der Waals surface area contributed by atoms with Gasteiger partial charge in [-0.1, -0.05) is 39.8 Å². The molecule has 188 valence electrons. The zero-order chi connectivity index (χ0) is 26.0. The number of pyridine rings is 2. The zero-order valence-corrected chi connectivity index (χ0v) is 20.9.